The van der Waals surface area contributed by atoms with Crippen molar-refractivity contribution in [3.8, 4) is 0 Å². The van der Waals surface area contributed by atoms with Crippen molar-refractivity contribution in [2.45, 2.75) is 6.50 Å². The molecule has 10 heteroatoms. The van der Waals surface area contributed by atoms with E-state index >= 15 is 0 Å². The summed E-state index contributed by atoms with van der Waals surface area (Å²) in [6.45, 7) is 0. The fourth-order valence-electron chi connectivity index (χ4n) is 0. The first kappa shape index (κ1) is 20.9. The maximum absolute atomic E-state index is 4.83. The second-order valence-corrected chi connectivity index (χ2v) is 8.46. The molecule has 0 N–H and O–H groups in total. The van der Waals surface area contributed by atoms with Crippen LogP contribution in [0.15, 0.2) is 0 Å². The first-order chi connectivity index (χ1) is 5.41. The summed E-state index contributed by atoms with van der Waals surface area (Å²) in [5.41, 5.74) is 0. The molecule has 0 aromatic rings. The smallest absolute Gasteiger partial charge is 0.0664 e. The van der Waals surface area contributed by atoms with Gasteiger partial charge in [-0.2, -0.15) is 0 Å². The monoisotopic (exact) mass is 380 g/mol. The minimum absolute atomic E-state index is 1.61. The van der Waals surface area contributed by atoms with Gasteiger partial charge < -0.3 is 0 Å². The molecular formula is C3Cl8S2. The van der Waals surface area contributed by atoms with Gasteiger partial charge in [-0.25, -0.2) is 0 Å². The van der Waals surface area contributed by atoms with Crippen LogP contribution in [0, 0.1) is 0 Å². The molecule has 0 nitrogen and oxygen atoms in total. The average Bonchev–Trinajstić information content (AvgIpc) is 1.52. The zero-order valence-corrected chi connectivity index (χ0v) is 13.0. The molecule has 0 heterocycles. The summed E-state index contributed by atoms with van der Waals surface area (Å²) >= 11 is 46.5. The van der Waals surface area contributed by atoms with Crippen LogP contribution >= 0.6 is 117 Å². The number of hydrogen-bond donors (Lipinski definition) is 0. The standard InChI is InChI=1S/2CCl4.CS2/c2*2-1(3,4)5;2-1-3. The van der Waals surface area contributed by atoms with Crippen LogP contribution in [0.4, 0.5) is 0 Å². The van der Waals surface area contributed by atoms with E-state index in [0.717, 1.165) is 0 Å². The highest BCUT2D eigenvalue weighted by Crippen LogP contribution is 2.30. The van der Waals surface area contributed by atoms with Crippen molar-refractivity contribution in [3.05, 3.63) is 0 Å². The van der Waals surface area contributed by atoms with E-state index in [1.165, 1.54) is 0 Å². The van der Waals surface area contributed by atoms with E-state index in [4.69, 9.17) is 92.8 Å². The summed E-state index contributed by atoms with van der Waals surface area (Å²) in [6, 6.07) is 0. The van der Waals surface area contributed by atoms with Crippen LogP contribution in [0.3, 0.4) is 0 Å². The van der Waals surface area contributed by atoms with Crippen molar-refractivity contribution in [3.63, 3.8) is 0 Å². The van der Waals surface area contributed by atoms with Crippen LogP contribution < -0.4 is 0 Å². The SMILES string of the molecule is ClC(Cl)(Cl)Cl.ClC(Cl)(Cl)Cl.S=C=S. The predicted octanol–water partition coefficient (Wildman–Crippen LogP) is 6.12. The number of alkyl halides is 8. The van der Waals surface area contributed by atoms with Crippen molar-refractivity contribution in [1.82, 2.24) is 0 Å². The molecule has 0 fully saturated rings. The molecule has 0 rings (SSSR count). The molecule has 0 aromatic heterocycles. The molecule has 0 aliphatic carbocycles. The van der Waals surface area contributed by atoms with E-state index in [2.05, 4.69) is 24.4 Å². The van der Waals surface area contributed by atoms with E-state index in [1.807, 2.05) is 4.31 Å². The number of halogens is 8. The average molecular weight is 384 g/mol. The quantitative estimate of drug-likeness (QED) is 0.365. The van der Waals surface area contributed by atoms with Gasteiger partial charge in [-0.1, -0.05) is 92.8 Å². The first-order valence-electron chi connectivity index (χ1n) is 1.92. The molecule has 0 aromatic carbocycles. The molecule has 0 aliphatic heterocycles. The highest BCUT2D eigenvalue weighted by atomic mass is 35.6. The molecule has 0 saturated heterocycles. The Hall–Kier alpha value is 2.54. The molecule has 0 spiro atoms. The summed E-state index contributed by atoms with van der Waals surface area (Å²) in [5.74, 6) is 0. The predicted molar refractivity (Wildman–Crippen MR) is 72.5 cm³/mol. The Kier molecular flexibility index (Phi) is 17.7. The van der Waals surface area contributed by atoms with Crippen molar-refractivity contribution in [2.75, 3.05) is 0 Å². The fourth-order valence-corrected chi connectivity index (χ4v) is 0. The molecule has 0 amide bonds. The second-order valence-electron chi connectivity index (χ2n) is 0.940. The number of thiocarbonyl (C=S) groups is 2. The largest absolute Gasteiger partial charge is 0.266 e. The van der Waals surface area contributed by atoms with Crippen molar-refractivity contribution >= 4 is 122 Å². The summed E-state index contributed by atoms with van der Waals surface area (Å²) in [7, 11) is 0. The van der Waals surface area contributed by atoms with Crippen molar-refractivity contribution < 1.29 is 0 Å². The van der Waals surface area contributed by atoms with E-state index < -0.39 is 6.50 Å². The van der Waals surface area contributed by atoms with E-state index in [1.54, 1.807) is 0 Å². The number of rotatable bonds is 0. The molecule has 80 valence electrons. The van der Waals surface area contributed by atoms with Gasteiger partial charge in [-0.15, -0.1) is 0 Å². The summed E-state index contributed by atoms with van der Waals surface area (Å²) in [6.07, 6.45) is 0. The lowest BCUT2D eigenvalue weighted by Crippen LogP contribution is -1.81. The highest BCUT2D eigenvalue weighted by Gasteiger charge is 2.11. The van der Waals surface area contributed by atoms with Crippen LogP contribution in [0.2, 0.25) is 0 Å². The second kappa shape index (κ2) is 11.0. The summed E-state index contributed by atoms with van der Waals surface area (Å²) in [4.78, 5) is 0. The van der Waals surface area contributed by atoms with Gasteiger partial charge in [0.05, 0.1) is 0 Å². The van der Waals surface area contributed by atoms with E-state index in [9.17, 15) is 0 Å². The van der Waals surface area contributed by atoms with Gasteiger partial charge in [-0.3, -0.25) is 0 Å². The van der Waals surface area contributed by atoms with Crippen LogP contribution in [0.5, 0.6) is 0 Å². The third-order valence-corrected chi connectivity index (χ3v) is 0. The Morgan fingerprint density at radius 3 is 0.615 bits per heavy atom. The molecule has 0 saturated carbocycles. The minimum Gasteiger partial charge on any atom is -0.0664 e. The Morgan fingerprint density at radius 2 is 0.615 bits per heavy atom. The van der Waals surface area contributed by atoms with Crippen molar-refractivity contribution in [1.29, 1.82) is 0 Å². The van der Waals surface area contributed by atoms with Gasteiger partial charge in [0.1, 0.15) is 0 Å². The molecule has 13 heavy (non-hydrogen) atoms. The van der Waals surface area contributed by atoms with E-state index in [0.29, 0.717) is 0 Å². The van der Waals surface area contributed by atoms with Gasteiger partial charge in [-0.05, 0) is 24.4 Å². The highest BCUT2D eigenvalue weighted by molar-refractivity contribution is 7.93. The van der Waals surface area contributed by atoms with Crippen molar-refractivity contribution in [2.24, 2.45) is 0 Å². The third-order valence-electron chi connectivity index (χ3n) is 0. The molecule has 0 radical (unpaired) electrons. The third kappa shape index (κ3) is 354. The Labute approximate surface area is 127 Å². The van der Waals surface area contributed by atoms with Gasteiger partial charge in [0.2, 0.25) is 0 Å². The van der Waals surface area contributed by atoms with E-state index in [-0.39, 0.29) is 0 Å². The van der Waals surface area contributed by atoms with Crippen LogP contribution in [-0.4, -0.2) is 10.8 Å². The van der Waals surface area contributed by atoms with Crippen LogP contribution in [0.25, 0.3) is 0 Å². The lowest BCUT2D eigenvalue weighted by atomic mass is 11.8. The lowest BCUT2D eigenvalue weighted by Gasteiger charge is -1.91. The fraction of sp³-hybridized carbons (Fsp3) is 0.667. The Morgan fingerprint density at radius 1 is 0.615 bits per heavy atom. The van der Waals surface area contributed by atoms with Gasteiger partial charge in [0.25, 0.3) is 6.50 Å². The zero-order valence-electron chi connectivity index (χ0n) is 5.34. The van der Waals surface area contributed by atoms with Gasteiger partial charge in [0, 0.05) is 4.31 Å². The molecule has 0 unspecified atom stereocenters. The van der Waals surface area contributed by atoms with Crippen LogP contribution in [0.1, 0.15) is 0 Å². The Bertz CT molecular complexity index is 114. The van der Waals surface area contributed by atoms with Gasteiger partial charge in [0.15, 0.2) is 0 Å². The maximum atomic E-state index is 4.83. The Balaban J connectivity index is -0.000000120. The summed E-state index contributed by atoms with van der Waals surface area (Å²) < 4.78 is -1.31. The topological polar surface area (TPSA) is 0 Å². The molecule has 0 aliphatic rings. The normalized spacial score (nSPS) is 9.85. The molecular weight excluding hydrogens is 384 g/mol. The van der Waals surface area contributed by atoms with Gasteiger partial charge >= 0.3 is 0 Å². The van der Waals surface area contributed by atoms with Crippen LogP contribution in [-0.2, 0) is 0 Å². The first-order valence-corrected chi connectivity index (χ1v) is 5.76. The maximum Gasteiger partial charge on any atom is 0.266 e. The zero-order chi connectivity index (χ0) is 11.7. The number of hydrogen-bond acceptors (Lipinski definition) is 2. The molecule has 0 atom stereocenters. The summed E-state index contributed by atoms with van der Waals surface area (Å²) in [5, 5.41) is 0. The lowest BCUT2D eigenvalue weighted by molar-refractivity contribution is 1.76. The molecule has 0 bridgehead atoms. The minimum atomic E-state index is -1.61.